The van der Waals surface area contributed by atoms with Gasteiger partial charge in [-0.2, -0.15) is 0 Å². The molecule has 5 heteroatoms. The average molecular weight is 847 g/mol. The van der Waals surface area contributed by atoms with Crippen molar-refractivity contribution in [1.29, 1.82) is 0 Å². The molecule has 0 radical (unpaired) electrons. The smallest absolute Gasteiger partial charge is 0.262 e. The summed E-state index contributed by atoms with van der Waals surface area (Å²) >= 11 is 0. The monoisotopic (exact) mass is 846 g/mol. The highest BCUT2D eigenvalue weighted by Gasteiger charge is 2.61. The van der Waals surface area contributed by atoms with Crippen LogP contribution in [0.2, 0.25) is 0 Å². The third-order valence-corrected chi connectivity index (χ3v) is 17.7. The van der Waals surface area contributed by atoms with Crippen molar-refractivity contribution in [1.82, 2.24) is 0 Å². The Balaban J connectivity index is 1.20. The standard InChI is InChI=1S/C60H60B2N2O/c1-35-19-13-14-22-45(35)62-47-32-37(3)48-36(2)31-46-52-49(48)53(47)64(51-42-26-24-39(58(7,8)9)34-44(42)60(55(51)62)29-17-18-30-60)56(65)63(52)50-41-25-23-38(57(4,5)6)33-43(41)59(27-15-16-28-59)54(50)61(46)40-20-11-10-12-21-40/h10-14,19-26,31-34H,15-18,27-30H2,1-9H3. The van der Waals surface area contributed by atoms with Gasteiger partial charge in [0.2, 0.25) is 13.4 Å². The first-order chi connectivity index (χ1) is 31.2. The molecule has 2 fully saturated rings. The van der Waals surface area contributed by atoms with Crippen LogP contribution in [0.1, 0.15) is 143 Å². The summed E-state index contributed by atoms with van der Waals surface area (Å²) in [6, 6.07) is 40.3. The van der Waals surface area contributed by atoms with Crippen molar-refractivity contribution < 1.29 is 4.79 Å². The normalized spacial score (nSPS) is 19.6. The van der Waals surface area contributed by atoms with Crippen molar-refractivity contribution in [2.24, 2.45) is 0 Å². The number of benzene rings is 6. The van der Waals surface area contributed by atoms with Gasteiger partial charge >= 0.3 is 6.03 Å². The SMILES string of the molecule is Cc1ccccc1B1C2=C(c3ccc(C(C)(C)C)cc3C23CCCC3)N2C(=O)N3C4=C(B(c5ccccc5)c5cc(C)c6c(C)cc1c2c6c53)C1(CCCC1)c1cc(C(C)(C)C)ccc14. The van der Waals surface area contributed by atoms with Gasteiger partial charge in [-0.05, 0) is 107 Å². The van der Waals surface area contributed by atoms with Crippen LogP contribution >= 0.6 is 0 Å². The Bertz CT molecular complexity index is 3200. The van der Waals surface area contributed by atoms with Crippen LogP contribution in [0.3, 0.4) is 0 Å². The number of urea groups is 1. The fourth-order valence-corrected chi connectivity index (χ4v) is 14.9. The number of aryl methyl sites for hydroxylation is 3. The van der Waals surface area contributed by atoms with Gasteiger partial charge in [-0.25, -0.2) is 4.79 Å². The lowest BCUT2D eigenvalue weighted by Gasteiger charge is -2.49. The third-order valence-electron chi connectivity index (χ3n) is 17.7. The van der Waals surface area contributed by atoms with Crippen LogP contribution in [0.4, 0.5) is 16.2 Å². The van der Waals surface area contributed by atoms with Crippen LogP contribution in [-0.2, 0) is 21.7 Å². The largest absolute Gasteiger partial charge is 0.338 e. The van der Waals surface area contributed by atoms with Gasteiger partial charge in [-0.1, -0.05) is 198 Å². The molecule has 0 aromatic heterocycles. The van der Waals surface area contributed by atoms with Crippen molar-refractivity contribution in [3.05, 3.63) is 164 Å². The predicted molar refractivity (Wildman–Crippen MR) is 276 cm³/mol. The van der Waals surface area contributed by atoms with Gasteiger partial charge in [0.25, 0.3) is 0 Å². The molecule has 65 heavy (non-hydrogen) atoms. The fourth-order valence-electron chi connectivity index (χ4n) is 14.9. The lowest BCUT2D eigenvalue weighted by Crippen LogP contribution is -2.61. The summed E-state index contributed by atoms with van der Waals surface area (Å²) in [6.45, 7) is 21.1. The number of carbonyl (C=O) groups excluding carboxylic acids is 1. The van der Waals surface area contributed by atoms with Crippen LogP contribution in [-0.4, -0.2) is 19.5 Å². The number of allylic oxidation sites excluding steroid dienone is 2. The van der Waals surface area contributed by atoms with Crippen LogP contribution in [0.15, 0.2) is 114 Å². The lowest BCUT2D eigenvalue weighted by atomic mass is 9.30. The summed E-state index contributed by atoms with van der Waals surface area (Å²) in [5.41, 5.74) is 24.5. The molecule has 3 heterocycles. The van der Waals surface area contributed by atoms with E-state index in [1.54, 1.807) is 0 Å². The minimum atomic E-state index is -0.153. The van der Waals surface area contributed by atoms with Crippen LogP contribution in [0.5, 0.6) is 0 Å². The molecule has 6 aromatic rings. The molecule has 2 saturated carbocycles. The van der Waals surface area contributed by atoms with Gasteiger partial charge in [-0.3, -0.25) is 9.80 Å². The van der Waals surface area contributed by atoms with E-state index in [-0.39, 0.29) is 41.1 Å². The van der Waals surface area contributed by atoms with E-state index in [9.17, 15) is 0 Å². The van der Waals surface area contributed by atoms with E-state index in [0.29, 0.717) is 0 Å². The van der Waals surface area contributed by atoms with E-state index in [0.717, 1.165) is 48.5 Å². The van der Waals surface area contributed by atoms with E-state index in [2.05, 4.69) is 175 Å². The van der Waals surface area contributed by atoms with Crippen molar-refractivity contribution in [3.8, 4) is 0 Å². The molecule has 13 rings (SSSR count). The Kier molecular flexibility index (Phi) is 8.01. The minimum Gasteiger partial charge on any atom is -0.262 e. The number of rotatable bonds is 2. The zero-order valence-electron chi connectivity index (χ0n) is 39.9. The molecule has 2 spiro atoms. The number of fused-ring (bicyclic) bond motifs is 10. The van der Waals surface area contributed by atoms with Gasteiger partial charge in [-0.15, -0.1) is 0 Å². The average Bonchev–Trinajstić information content (AvgIpc) is 4.08. The summed E-state index contributed by atoms with van der Waals surface area (Å²) in [6.07, 6.45) is 9.21. The summed E-state index contributed by atoms with van der Waals surface area (Å²) < 4.78 is 0. The Morgan fingerprint density at radius 2 is 0.954 bits per heavy atom. The molecule has 2 amide bonds. The zero-order chi connectivity index (χ0) is 44.7. The summed E-state index contributed by atoms with van der Waals surface area (Å²) in [7, 11) is 0. The highest BCUT2D eigenvalue weighted by atomic mass is 16.2. The van der Waals surface area contributed by atoms with E-state index in [1.165, 1.54) is 119 Å². The number of hydrogen-bond acceptors (Lipinski definition) is 1. The second-order valence-electron chi connectivity index (χ2n) is 23.2. The first-order valence-corrected chi connectivity index (χ1v) is 24.8. The molecule has 7 aliphatic rings. The number of carbonyl (C=O) groups is 1. The second-order valence-corrected chi connectivity index (χ2v) is 23.2. The van der Waals surface area contributed by atoms with Gasteiger partial charge in [0, 0.05) is 27.3 Å². The van der Waals surface area contributed by atoms with E-state index >= 15 is 4.79 Å². The first kappa shape index (κ1) is 39.8. The molecule has 4 aliphatic carbocycles. The highest BCUT2D eigenvalue weighted by molar-refractivity contribution is 6.96. The number of hydrogen-bond donors (Lipinski definition) is 0. The molecule has 0 N–H and O–H groups in total. The topological polar surface area (TPSA) is 23.6 Å². The van der Waals surface area contributed by atoms with Crippen molar-refractivity contribution in [2.75, 3.05) is 9.80 Å². The van der Waals surface area contributed by atoms with E-state index < -0.39 is 0 Å². The van der Waals surface area contributed by atoms with E-state index in [4.69, 9.17) is 0 Å². The molecule has 0 unspecified atom stereocenters. The Morgan fingerprint density at radius 3 is 1.45 bits per heavy atom. The predicted octanol–water partition coefficient (Wildman–Crippen LogP) is 11.9. The highest BCUT2D eigenvalue weighted by Crippen LogP contribution is 2.64. The maximum Gasteiger partial charge on any atom is 0.338 e. The maximum atomic E-state index is 17.0. The van der Waals surface area contributed by atoms with Gasteiger partial charge in [0.05, 0.1) is 22.8 Å². The van der Waals surface area contributed by atoms with Gasteiger partial charge in [0.1, 0.15) is 0 Å². The van der Waals surface area contributed by atoms with Crippen molar-refractivity contribution in [2.45, 2.75) is 135 Å². The minimum absolute atomic E-state index is 0.0000425. The Labute approximate surface area is 387 Å². The van der Waals surface area contributed by atoms with Crippen LogP contribution in [0, 0.1) is 20.8 Å². The van der Waals surface area contributed by atoms with Crippen LogP contribution < -0.4 is 31.7 Å². The molecule has 6 aromatic carbocycles. The number of nitrogens with zero attached hydrogens (tertiary/aromatic N) is 2. The fraction of sp³-hybridized carbons (Fsp3) is 0.350. The molecule has 0 bridgehead atoms. The zero-order valence-corrected chi connectivity index (χ0v) is 39.9. The van der Waals surface area contributed by atoms with Crippen molar-refractivity contribution in [3.63, 3.8) is 0 Å². The van der Waals surface area contributed by atoms with Gasteiger partial charge in [0.15, 0.2) is 0 Å². The molecule has 0 saturated heterocycles. The summed E-state index contributed by atoms with van der Waals surface area (Å²) in [5, 5.41) is 2.55. The number of anilines is 2. The molecular formula is C60H60B2N2O. The molecule has 322 valence electrons. The van der Waals surface area contributed by atoms with Crippen molar-refractivity contribution >= 4 is 74.8 Å². The quantitative estimate of drug-likeness (QED) is 0.159. The molecule has 3 nitrogen and oxygen atoms in total. The molecule has 3 aliphatic heterocycles. The molecule has 0 atom stereocenters. The van der Waals surface area contributed by atoms with Crippen LogP contribution in [0.25, 0.3) is 22.2 Å². The number of amides is 2. The van der Waals surface area contributed by atoms with E-state index in [1.807, 2.05) is 0 Å². The molecular weight excluding hydrogens is 786 g/mol. The van der Waals surface area contributed by atoms with Gasteiger partial charge < -0.3 is 0 Å². The second kappa shape index (κ2) is 13.1. The third kappa shape index (κ3) is 4.98. The Morgan fingerprint density at radius 1 is 0.492 bits per heavy atom. The maximum absolute atomic E-state index is 17.0. The summed E-state index contributed by atoms with van der Waals surface area (Å²) in [5.74, 6) is 0. The Hall–Kier alpha value is -5.54. The first-order valence-electron chi connectivity index (χ1n) is 24.8. The summed E-state index contributed by atoms with van der Waals surface area (Å²) in [4.78, 5) is 21.6. The lowest BCUT2D eigenvalue weighted by molar-refractivity contribution is 0.255.